The van der Waals surface area contributed by atoms with Crippen molar-refractivity contribution in [2.45, 2.75) is 121 Å². The third kappa shape index (κ3) is 8.57. The lowest BCUT2D eigenvalue weighted by Gasteiger charge is -2.35. The highest BCUT2D eigenvalue weighted by Crippen LogP contribution is 2.45. The number of alkyl carbamates (subject to hydrolysis) is 1. The third-order valence-electron chi connectivity index (χ3n) is 10.7. The summed E-state index contributed by atoms with van der Waals surface area (Å²) in [5, 5.41) is 4.78. The first-order valence-electron chi connectivity index (χ1n) is 18.6. The highest BCUT2D eigenvalue weighted by atomic mass is 32.2. The van der Waals surface area contributed by atoms with Crippen molar-refractivity contribution in [1.29, 1.82) is 0 Å². The average Bonchev–Trinajstić information content (AvgIpc) is 3.99. The van der Waals surface area contributed by atoms with E-state index in [1.165, 1.54) is 15.9 Å². The van der Waals surface area contributed by atoms with Crippen molar-refractivity contribution in [2.24, 2.45) is 11.3 Å². The molecule has 0 radical (unpaired) electrons. The molecule has 3 aliphatic heterocycles. The predicted octanol–water partition coefficient (Wildman–Crippen LogP) is 3.26. The molecule has 3 N–H and O–H groups in total. The standard InChI is InChI=1S/C37H51N5O10S/c1-5-24-19-37(24,33(45)40-53(48,49)26-14-15-26)39-31(43)28-18-25-21-42(28)32(44)30(36(2,3)4)38-34(46)51-17-10-8-6-7-9-16-50-29-13-11-12-23-20-41(22-27(23)29)35(47)52-25/h5,11-13,24-26,28,30H,1,6-10,14-22H2,2-4H3,(H,38,46)(H,39,43)(H,40,45)/t24-,25+,28?,30+,37-/m0/s1. The molecular weight excluding hydrogens is 706 g/mol. The van der Waals surface area contributed by atoms with Crippen LogP contribution in [0.5, 0.6) is 5.75 Å². The second-order valence-electron chi connectivity index (χ2n) is 15.9. The van der Waals surface area contributed by atoms with Gasteiger partial charge in [0, 0.05) is 24.4 Å². The van der Waals surface area contributed by atoms with E-state index in [0.29, 0.717) is 38.2 Å². The Hall–Kier alpha value is -4.34. The van der Waals surface area contributed by atoms with Gasteiger partial charge in [-0.2, -0.15) is 0 Å². The Morgan fingerprint density at radius 1 is 1.02 bits per heavy atom. The van der Waals surface area contributed by atoms with Gasteiger partial charge in [0.25, 0.3) is 5.91 Å². The Morgan fingerprint density at radius 3 is 2.38 bits per heavy atom. The van der Waals surface area contributed by atoms with Gasteiger partial charge in [-0.3, -0.25) is 24.0 Å². The molecule has 3 heterocycles. The molecule has 1 aromatic carbocycles. The number of carbonyl (C=O) groups excluding carboxylic acids is 5. The van der Waals surface area contributed by atoms with Crippen molar-refractivity contribution in [3.05, 3.63) is 42.0 Å². The zero-order chi connectivity index (χ0) is 38.1. The van der Waals surface area contributed by atoms with E-state index in [0.717, 1.165) is 36.8 Å². The van der Waals surface area contributed by atoms with E-state index in [1.807, 2.05) is 18.2 Å². The van der Waals surface area contributed by atoms with Gasteiger partial charge in [-0.05, 0) is 49.1 Å². The topological polar surface area (TPSA) is 190 Å². The highest BCUT2D eigenvalue weighted by molar-refractivity contribution is 7.91. The van der Waals surface area contributed by atoms with Crippen molar-refractivity contribution in [1.82, 2.24) is 25.2 Å². The zero-order valence-electron chi connectivity index (χ0n) is 30.7. The van der Waals surface area contributed by atoms with Crippen LogP contribution in [0.4, 0.5) is 9.59 Å². The molecule has 15 nitrogen and oxygen atoms in total. The Labute approximate surface area is 310 Å². The van der Waals surface area contributed by atoms with Gasteiger partial charge in [-0.1, -0.05) is 58.2 Å². The Balaban J connectivity index is 1.25. The van der Waals surface area contributed by atoms with E-state index >= 15 is 0 Å². The molecular formula is C37H51N5O10S. The molecule has 16 heteroatoms. The van der Waals surface area contributed by atoms with Gasteiger partial charge in [-0.25, -0.2) is 18.0 Å². The molecule has 2 saturated carbocycles. The van der Waals surface area contributed by atoms with E-state index in [4.69, 9.17) is 14.2 Å². The van der Waals surface area contributed by atoms with Crippen LogP contribution in [0.15, 0.2) is 30.9 Å². The normalized spacial score (nSPS) is 28.6. The van der Waals surface area contributed by atoms with Crippen molar-refractivity contribution in [2.75, 3.05) is 19.8 Å². The lowest BCUT2D eigenvalue weighted by molar-refractivity contribution is -0.142. The van der Waals surface area contributed by atoms with Gasteiger partial charge in [0.1, 0.15) is 29.5 Å². The molecule has 5 atom stereocenters. The van der Waals surface area contributed by atoms with Crippen LogP contribution in [0.3, 0.4) is 0 Å². The van der Waals surface area contributed by atoms with Crippen LogP contribution in [-0.2, 0) is 47.0 Å². The first kappa shape index (κ1) is 38.4. The highest BCUT2D eigenvalue weighted by Gasteiger charge is 2.62. The summed E-state index contributed by atoms with van der Waals surface area (Å²) in [7, 11) is -3.91. The second-order valence-corrected chi connectivity index (χ2v) is 17.8. The van der Waals surface area contributed by atoms with Crippen LogP contribution in [-0.4, -0.2) is 96.9 Å². The van der Waals surface area contributed by atoms with Crippen LogP contribution in [0.25, 0.3) is 0 Å². The van der Waals surface area contributed by atoms with E-state index in [1.54, 1.807) is 20.8 Å². The number of fused-ring (bicyclic) bond motifs is 3. The fourth-order valence-corrected chi connectivity index (χ4v) is 8.69. The maximum Gasteiger partial charge on any atom is 0.410 e. The van der Waals surface area contributed by atoms with Crippen LogP contribution >= 0.6 is 0 Å². The molecule has 1 saturated heterocycles. The smallest absolute Gasteiger partial charge is 0.410 e. The van der Waals surface area contributed by atoms with Crippen molar-refractivity contribution < 1.29 is 46.6 Å². The molecule has 0 aromatic heterocycles. The summed E-state index contributed by atoms with van der Waals surface area (Å²) in [6, 6.07) is 3.35. The fourth-order valence-electron chi connectivity index (χ4n) is 7.32. The fraction of sp³-hybridized carbons (Fsp3) is 0.649. The summed E-state index contributed by atoms with van der Waals surface area (Å²) in [6.07, 6.45) is 4.27. The summed E-state index contributed by atoms with van der Waals surface area (Å²) in [4.78, 5) is 71.4. The summed E-state index contributed by atoms with van der Waals surface area (Å²) >= 11 is 0. The number of ether oxygens (including phenoxy) is 3. The number of benzene rings is 1. The number of sulfonamides is 1. The van der Waals surface area contributed by atoms with Gasteiger partial charge in [0.15, 0.2) is 0 Å². The lowest BCUT2D eigenvalue weighted by Crippen LogP contribution is -2.60. The molecule has 5 amide bonds. The third-order valence-corrected chi connectivity index (χ3v) is 12.5. The monoisotopic (exact) mass is 757 g/mol. The van der Waals surface area contributed by atoms with Gasteiger partial charge >= 0.3 is 12.2 Å². The van der Waals surface area contributed by atoms with E-state index in [9.17, 15) is 32.4 Å². The van der Waals surface area contributed by atoms with Crippen LogP contribution in [0.1, 0.15) is 89.7 Å². The predicted molar refractivity (Wildman–Crippen MR) is 192 cm³/mol. The number of carbonyl (C=O) groups is 5. The number of hydrogen-bond donors (Lipinski definition) is 3. The van der Waals surface area contributed by atoms with E-state index in [2.05, 4.69) is 21.9 Å². The average molecular weight is 758 g/mol. The molecule has 3 fully saturated rings. The Kier molecular flexibility index (Phi) is 11.0. The molecule has 53 heavy (non-hydrogen) atoms. The molecule has 2 aliphatic carbocycles. The molecule has 0 spiro atoms. The molecule has 1 aromatic rings. The second kappa shape index (κ2) is 15.2. The number of hydrogen-bond acceptors (Lipinski definition) is 10. The van der Waals surface area contributed by atoms with E-state index in [-0.39, 0.29) is 32.5 Å². The largest absolute Gasteiger partial charge is 0.493 e. The van der Waals surface area contributed by atoms with Gasteiger partial charge in [0.2, 0.25) is 21.8 Å². The molecule has 6 rings (SSSR count). The lowest BCUT2D eigenvalue weighted by atomic mass is 9.85. The zero-order valence-corrected chi connectivity index (χ0v) is 31.5. The molecule has 4 bridgehead atoms. The minimum absolute atomic E-state index is 0.101. The van der Waals surface area contributed by atoms with Gasteiger partial charge in [-0.15, -0.1) is 6.58 Å². The summed E-state index contributed by atoms with van der Waals surface area (Å²) < 4.78 is 45.0. The van der Waals surface area contributed by atoms with Crippen molar-refractivity contribution >= 4 is 39.9 Å². The first-order chi connectivity index (χ1) is 25.1. The summed E-state index contributed by atoms with van der Waals surface area (Å²) in [5.74, 6) is -2.03. The first-order valence-corrected chi connectivity index (χ1v) is 20.1. The summed E-state index contributed by atoms with van der Waals surface area (Å²) in [6.45, 7) is 10.1. The van der Waals surface area contributed by atoms with E-state index < -0.39 is 80.2 Å². The van der Waals surface area contributed by atoms with Gasteiger partial charge in [0.05, 0.1) is 31.6 Å². The minimum Gasteiger partial charge on any atom is -0.493 e. The van der Waals surface area contributed by atoms with Crippen LogP contribution in [0, 0.1) is 11.3 Å². The van der Waals surface area contributed by atoms with Crippen molar-refractivity contribution in [3.63, 3.8) is 0 Å². The van der Waals surface area contributed by atoms with Crippen LogP contribution < -0.4 is 20.1 Å². The molecule has 1 unspecified atom stereocenters. The maximum absolute atomic E-state index is 14.4. The van der Waals surface area contributed by atoms with Gasteiger partial charge < -0.3 is 29.7 Å². The number of amides is 5. The number of nitrogens with one attached hydrogen (secondary N) is 3. The maximum atomic E-state index is 14.4. The van der Waals surface area contributed by atoms with Crippen molar-refractivity contribution in [3.8, 4) is 5.75 Å². The van der Waals surface area contributed by atoms with Crippen LogP contribution in [0.2, 0.25) is 0 Å². The summed E-state index contributed by atoms with van der Waals surface area (Å²) in [5.41, 5.74) is -0.570. The minimum atomic E-state index is -3.91. The quantitative estimate of drug-likeness (QED) is 0.364. The Morgan fingerprint density at radius 2 is 1.72 bits per heavy atom. The SMILES string of the molecule is C=C[C@H]1C[C@@]1(NC(=O)C1C[C@@H]2CN1C(=O)[C@H](C(C)(C)C)NC(=O)OCCCCCCCOc1cccc3c1CN(C3)C(=O)O2)C(=O)NS(=O)(=O)C1CC1. The Bertz CT molecular complexity index is 1740. The number of cyclic esters (lactones) is 1. The number of rotatable bonds is 6. The molecule has 5 aliphatic rings. The molecule has 290 valence electrons. The number of nitrogens with zero attached hydrogens (tertiary/aromatic N) is 2.